The Morgan fingerprint density at radius 2 is 2.50 bits per heavy atom. The van der Waals surface area contributed by atoms with E-state index in [1.54, 1.807) is 0 Å². The van der Waals surface area contributed by atoms with Crippen molar-refractivity contribution in [3.05, 3.63) is 0 Å². The van der Waals surface area contributed by atoms with E-state index >= 15 is 0 Å². The van der Waals surface area contributed by atoms with Crippen LogP contribution in [0, 0.1) is 0 Å². The third-order valence-electron chi connectivity index (χ3n) is 0.218. The molecule has 0 radical (unpaired) electrons. The highest BCUT2D eigenvalue weighted by Crippen LogP contribution is 1.71. The van der Waals surface area contributed by atoms with Crippen molar-refractivity contribution in [3.63, 3.8) is 0 Å². The minimum atomic E-state index is -0.738. The fourth-order valence-corrected chi connectivity index (χ4v) is 0.122. The summed E-state index contributed by atoms with van der Waals surface area (Å²) in [5.74, 6) is 0. The molecule has 0 aromatic heterocycles. The molecule has 0 aliphatic carbocycles. The molecule has 0 rings (SSSR count). The standard InChI is InChI=1S/C2H4ClNO2/c3-2(6)4-1-5/h5H,1H2,(H,4,6). The van der Waals surface area contributed by atoms with Crippen LogP contribution in [0.5, 0.6) is 0 Å². The molecule has 0 aromatic rings. The Balaban J connectivity index is 2.83. The first-order valence-corrected chi connectivity index (χ1v) is 1.69. The average molecular weight is 110 g/mol. The Morgan fingerprint density at radius 3 is 2.50 bits per heavy atom. The minimum Gasteiger partial charge on any atom is -0.376 e. The minimum absolute atomic E-state index is 0.400. The van der Waals surface area contributed by atoms with Crippen molar-refractivity contribution < 1.29 is 9.90 Å². The van der Waals surface area contributed by atoms with Gasteiger partial charge in [0.05, 0.1) is 0 Å². The largest absolute Gasteiger partial charge is 0.376 e. The topological polar surface area (TPSA) is 49.3 Å². The highest BCUT2D eigenvalue weighted by Gasteiger charge is 1.83. The van der Waals surface area contributed by atoms with Gasteiger partial charge in [-0.25, -0.2) is 0 Å². The van der Waals surface area contributed by atoms with Crippen LogP contribution in [0.4, 0.5) is 4.79 Å². The Kier molecular flexibility index (Phi) is 2.80. The number of aliphatic hydroxyl groups excluding tert-OH is 1. The van der Waals surface area contributed by atoms with E-state index in [1.165, 1.54) is 0 Å². The van der Waals surface area contributed by atoms with E-state index in [9.17, 15) is 4.79 Å². The molecule has 4 heteroatoms. The van der Waals surface area contributed by atoms with Crippen molar-refractivity contribution in [2.24, 2.45) is 0 Å². The molecule has 0 aromatic carbocycles. The number of rotatable bonds is 1. The van der Waals surface area contributed by atoms with Crippen LogP contribution in [-0.4, -0.2) is 17.2 Å². The van der Waals surface area contributed by atoms with Crippen molar-refractivity contribution in [3.8, 4) is 0 Å². The lowest BCUT2D eigenvalue weighted by Gasteiger charge is -1.85. The zero-order valence-corrected chi connectivity index (χ0v) is 3.70. The number of hydrogen-bond donors (Lipinski definition) is 2. The van der Waals surface area contributed by atoms with Gasteiger partial charge in [-0.2, -0.15) is 0 Å². The quantitative estimate of drug-likeness (QED) is 0.280. The fraction of sp³-hybridized carbons (Fsp3) is 0.500. The van der Waals surface area contributed by atoms with Crippen LogP contribution >= 0.6 is 11.6 Å². The van der Waals surface area contributed by atoms with Crippen molar-refractivity contribution in [2.45, 2.75) is 0 Å². The first-order chi connectivity index (χ1) is 2.77. The maximum Gasteiger partial charge on any atom is 0.315 e. The predicted octanol–water partition coefficient (Wildman–Crippen LogP) is -0.115. The molecule has 0 atom stereocenters. The monoisotopic (exact) mass is 109 g/mol. The molecule has 6 heavy (non-hydrogen) atoms. The summed E-state index contributed by atoms with van der Waals surface area (Å²) in [6, 6.07) is 0. The van der Waals surface area contributed by atoms with Gasteiger partial charge in [0.1, 0.15) is 6.73 Å². The number of aliphatic hydroxyl groups is 1. The first-order valence-electron chi connectivity index (χ1n) is 1.31. The highest BCUT2D eigenvalue weighted by atomic mass is 35.5. The van der Waals surface area contributed by atoms with Crippen LogP contribution in [-0.2, 0) is 0 Å². The van der Waals surface area contributed by atoms with Crippen LogP contribution in [0.2, 0.25) is 0 Å². The highest BCUT2D eigenvalue weighted by molar-refractivity contribution is 6.62. The van der Waals surface area contributed by atoms with Crippen molar-refractivity contribution >= 4 is 17.0 Å². The summed E-state index contributed by atoms with van der Waals surface area (Å²) in [4.78, 5) is 9.54. The molecule has 0 saturated heterocycles. The van der Waals surface area contributed by atoms with Gasteiger partial charge in [0.15, 0.2) is 0 Å². The molecular weight excluding hydrogens is 105 g/mol. The third-order valence-corrected chi connectivity index (χ3v) is 0.352. The molecule has 0 saturated carbocycles. The molecule has 3 nitrogen and oxygen atoms in total. The summed E-state index contributed by atoms with van der Waals surface area (Å²) in [5.41, 5.74) is 0. The van der Waals surface area contributed by atoms with Gasteiger partial charge in [0, 0.05) is 0 Å². The summed E-state index contributed by atoms with van der Waals surface area (Å²) in [6.07, 6.45) is 0. The molecule has 36 valence electrons. The summed E-state index contributed by atoms with van der Waals surface area (Å²) in [5, 5.41) is 8.97. The average Bonchev–Trinajstić information content (AvgIpc) is 1.35. The smallest absolute Gasteiger partial charge is 0.315 e. The molecule has 0 fully saturated rings. The lowest BCUT2D eigenvalue weighted by Crippen LogP contribution is -2.16. The second-order valence-corrected chi connectivity index (χ2v) is 0.952. The summed E-state index contributed by atoms with van der Waals surface area (Å²) in [6.45, 7) is -0.400. The van der Waals surface area contributed by atoms with E-state index in [4.69, 9.17) is 5.11 Å². The van der Waals surface area contributed by atoms with Crippen LogP contribution in [0.25, 0.3) is 0 Å². The van der Waals surface area contributed by atoms with E-state index in [0.29, 0.717) is 0 Å². The van der Waals surface area contributed by atoms with Gasteiger partial charge >= 0.3 is 5.37 Å². The number of carbonyl (C=O) groups is 1. The third kappa shape index (κ3) is 3.72. The van der Waals surface area contributed by atoms with Crippen LogP contribution in [0.15, 0.2) is 0 Å². The number of amides is 1. The zero-order chi connectivity index (χ0) is 4.99. The van der Waals surface area contributed by atoms with E-state index < -0.39 is 12.1 Å². The predicted molar refractivity (Wildman–Crippen MR) is 21.5 cm³/mol. The summed E-state index contributed by atoms with van der Waals surface area (Å²) < 4.78 is 0. The number of nitrogens with one attached hydrogen (secondary N) is 1. The summed E-state index contributed by atoms with van der Waals surface area (Å²) >= 11 is 4.67. The Hall–Kier alpha value is -0.280. The maximum atomic E-state index is 9.54. The normalized spacial score (nSPS) is 7.67. The van der Waals surface area contributed by atoms with E-state index in [-0.39, 0.29) is 0 Å². The van der Waals surface area contributed by atoms with Gasteiger partial charge < -0.3 is 10.4 Å². The van der Waals surface area contributed by atoms with Gasteiger partial charge in [0.25, 0.3) is 0 Å². The number of carbonyl (C=O) groups excluding carboxylic acids is 1. The van der Waals surface area contributed by atoms with Gasteiger partial charge in [-0.3, -0.25) is 4.79 Å². The SMILES string of the molecule is O=C(Cl)NCO. The van der Waals surface area contributed by atoms with Gasteiger partial charge in [-0.1, -0.05) is 0 Å². The second-order valence-electron chi connectivity index (χ2n) is 0.609. The number of halogens is 1. The Bertz CT molecular complexity index is 55.5. The maximum absolute atomic E-state index is 9.54. The first kappa shape index (κ1) is 5.72. The Labute approximate surface area is 39.9 Å². The number of hydrogen-bond acceptors (Lipinski definition) is 2. The molecule has 0 unspecified atom stereocenters. The lowest BCUT2D eigenvalue weighted by atomic mass is 11.1. The Morgan fingerprint density at radius 1 is 2.00 bits per heavy atom. The van der Waals surface area contributed by atoms with Crippen molar-refractivity contribution in [2.75, 3.05) is 6.73 Å². The van der Waals surface area contributed by atoms with Gasteiger partial charge in [0.2, 0.25) is 0 Å². The molecule has 2 N–H and O–H groups in total. The van der Waals surface area contributed by atoms with Crippen LogP contribution in [0.1, 0.15) is 0 Å². The van der Waals surface area contributed by atoms with Gasteiger partial charge in [-0.05, 0) is 11.6 Å². The van der Waals surface area contributed by atoms with E-state index in [2.05, 4.69) is 11.6 Å². The van der Waals surface area contributed by atoms with Crippen LogP contribution in [0.3, 0.4) is 0 Å². The molecule has 0 spiro atoms. The molecule has 0 aliphatic heterocycles. The fourth-order valence-electron chi connectivity index (χ4n) is 0.0622. The van der Waals surface area contributed by atoms with E-state index in [0.717, 1.165) is 0 Å². The molecule has 0 bridgehead atoms. The van der Waals surface area contributed by atoms with Crippen LogP contribution < -0.4 is 5.32 Å². The molecular formula is C2H4ClNO2. The zero-order valence-electron chi connectivity index (χ0n) is 2.94. The second kappa shape index (κ2) is 2.93. The summed E-state index contributed by atoms with van der Waals surface area (Å²) in [7, 11) is 0. The molecule has 1 amide bonds. The van der Waals surface area contributed by atoms with Crippen molar-refractivity contribution in [1.82, 2.24) is 5.32 Å². The molecule has 0 heterocycles. The van der Waals surface area contributed by atoms with Gasteiger partial charge in [-0.15, -0.1) is 0 Å². The molecule has 0 aliphatic rings. The van der Waals surface area contributed by atoms with E-state index in [1.807, 2.05) is 5.32 Å². The lowest BCUT2D eigenvalue weighted by molar-refractivity contribution is 0.235. The van der Waals surface area contributed by atoms with Crippen molar-refractivity contribution in [1.29, 1.82) is 0 Å².